The molecule has 4 fully saturated rings. The number of aliphatic carboxylic acids is 2. The summed E-state index contributed by atoms with van der Waals surface area (Å²) in [6.07, 6.45) is 7.90. The Balaban J connectivity index is 0.000000219. The summed E-state index contributed by atoms with van der Waals surface area (Å²) < 4.78 is 11.6. The maximum atomic E-state index is 12.7. The number of carboxylic acid groups (broad SMARTS) is 2. The molecule has 0 saturated heterocycles. The molecule has 4 aliphatic rings. The summed E-state index contributed by atoms with van der Waals surface area (Å²) in [5, 5.41) is 34.6. The Morgan fingerprint density at radius 3 is 1.28 bits per heavy atom. The molecule has 444 valence electrons. The van der Waals surface area contributed by atoms with E-state index in [1.807, 2.05) is 0 Å². The molecule has 10 rings (SSSR count). The number of aromatic nitrogens is 8. The van der Waals surface area contributed by atoms with Gasteiger partial charge < -0.3 is 62.0 Å². The third-order valence-electron chi connectivity index (χ3n) is 18.6. The second-order valence-electron chi connectivity index (χ2n) is 23.8. The van der Waals surface area contributed by atoms with Gasteiger partial charge in [0.1, 0.15) is 12.2 Å². The number of fused-ring (bicyclic) bond motifs is 6. The molecule has 4 saturated carbocycles. The SMILES string of the molecule is CC1(C)C2CCC1(C)C(OC(=O)CCC(NC(=O)c1ccc(NCc3cnc4nc(N)[nH]c(=O)c4n3)cc1)C(=O)[O-])C2.CC1(C)C2CCC1(C)C(OC(=O)CCC(NC(=O)c1ccc(NCc3cnc4nc(N)[nH]c(=O)c4n3)cc1)C(=O)[O-])C2.[Zn+2]. The predicted molar refractivity (Wildman–Crippen MR) is 301 cm³/mol. The van der Waals surface area contributed by atoms with Crippen LogP contribution in [-0.4, -0.2) is 99.9 Å². The summed E-state index contributed by atoms with van der Waals surface area (Å²) in [5.41, 5.74) is 13.2. The Hall–Kier alpha value is -8.48. The van der Waals surface area contributed by atoms with E-state index in [2.05, 4.69) is 103 Å². The zero-order valence-electron chi connectivity index (χ0n) is 48.2. The van der Waals surface area contributed by atoms with Gasteiger partial charge in [0.05, 0.1) is 60.9 Å². The first-order valence-electron chi connectivity index (χ1n) is 27.9. The van der Waals surface area contributed by atoms with Gasteiger partial charge in [-0.25, -0.2) is 19.9 Å². The molecule has 26 nitrogen and oxygen atoms in total. The molecule has 6 aromatic rings. The van der Waals surface area contributed by atoms with Gasteiger partial charge in [-0.1, -0.05) is 41.5 Å². The van der Waals surface area contributed by atoms with Gasteiger partial charge in [0.2, 0.25) is 11.9 Å². The van der Waals surface area contributed by atoms with Crippen LogP contribution in [0.25, 0.3) is 22.3 Å². The Kier molecular flexibility index (Phi) is 18.4. The molecule has 27 heteroatoms. The second-order valence-corrected chi connectivity index (χ2v) is 23.8. The molecule has 85 heavy (non-hydrogen) atoms. The van der Waals surface area contributed by atoms with Crippen molar-refractivity contribution >= 4 is 81.3 Å². The van der Waals surface area contributed by atoms with Gasteiger partial charge in [-0.2, -0.15) is 9.97 Å². The van der Waals surface area contributed by atoms with Crippen molar-refractivity contribution < 1.29 is 67.9 Å². The van der Waals surface area contributed by atoms with Crippen LogP contribution in [0, 0.1) is 33.5 Å². The van der Waals surface area contributed by atoms with E-state index in [9.17, 15) is 48.6 Å². The summed E-state index contributed by atoms with van der Waals surface area (Å²) >= 11 is 0. The van der Waals surface area contributed by atoms with Crippen molar-refractivity contribution in [2.24, 2.45) is 33.5 Å². The third-order valence-corrected chi connectivity index (χ3v) is 18.6. The van der Waals surface area contributed by atoms with Crippen LogP contribution in [-0.2, 0) is 61.2 Å². The number of esters is 2. The fraction of sp³-hybridized carbons (Fsp3) is 0.483. The molecular formula is C58H68N14O12Zn. The summed E-state index contributed by atoms with van der Waals surface area (Å²) in [7, 11) is 0. The van der Waals surface area contributed by atoms with Crippen molar-refractivity contribution in [3.05, 3.63) is 104 Å². The van der Waals surface area contributed by atoms with E-state index < -0.39 is 58.9 Å². The number of hydrogen-bond donors (Lipinski definition) is 8. The van der Waals surface area contributed by atoms with Crippen LogP contribution in [0.15, 0.2) is 70.5 Å². The number of ether oxygens (including phenoxy) is 2. The molecule has 0 spiro atoms. The van der Waals surface area contributed by atoms with Crippen LogP contribution in [0.5, 0.6) is 0 Å². The number of H-pyrrole nitrogens is 2. The van der Waals surface area contributed by atoms with Crippen molar-refractivity contribution in [1.29, 1.82) is 0 Å². The molecule has 8 atom stereocenters. The molecule has 4 aliphatic carbocycles. The number of rotatable bonds is 20. The number of anilines is 4. The first-order chi connectivity index (χ1) is 39.7. The molecule has 2 aromatic carbocycles. The van der Waals surface area contributed by atoms with Gasteiger partial charge in [-0.3, -0.25) is 38.7 Å². The van der Waals surface area contributed by atoms with Crippen LogP contribution in [0.3, 0.4) is 0 Å². The van der Waals surface area contributed by atoms with Gasteiger partial charge in [-0.15, -0.1) is 0 Å². The first-order valence-corrected chi connectivity index (χ1v) is 27.9. The molecule has 4 bridgehead atoms. The van der Waals surface area contributed by atoms with Crippen LogP contribution in [0.1, 0.15) is 138 Å². The summed E-state index contributed by atoms with van der Waals surface area (Å²) in [5.74, 6) is -4.20. The minimum absolute atomic E-state index is 0. The van der Waals surface area contributed by atoms with Crippen LogP contribution < -0.4 is 54.1 Å². The smallest absolute Gasteiger partial charge is 0.548 e. The van der Waals surface area contributed by atoms with Crippen molar-refractivity contribution in [3.63, 3.8) is 0 Å². The minimum atomic E-state index is -1.48. The molecule has 4 heterocycles. The van der Waals surface area contributed by atoms with E-state index in [-0.39, 0.29) is 137 Å². The van der Waals surface area contributed by atoms with Gasteiger partial charge in [0.25, 0.3) is 22.9 Å². The zero-order chi connectivity index (χ0) is 60.5. The fourth-order valence-electron chi connectivity index (χ4n) is 12.5. The molecule has 8 unspecified atom stereocenters. The topological polar surface area (TPSA) is 410 Å². The number of nitrogens with zero attached hydrogens (tertiary/aromatic N) is 6. The Morgan fingerprint density at radius 2 is 0.965 bits per heavy atom. The largest absolute Gasteiger partial charge is 2.00 e. The Labute approximate surface area is 500 Å². The van der Waals surface area contributed by atoms with Crippen LogP contribution >= 0.6 is 0 Å². The molecule has 0 aliphatic heterocycles. The fourth-order valence-corrected chi connectivity index (χ4v) is 12.5. The van der Waals surface area contributed by atoms with Gasteiger partial charge in [0.15, 0.2) is 22.3 Å². The Morgan fingerprint density at radius 1 is 0.600 bits per heavy atom. The second kappa shape index (κ2) is 25.0. The number of carbonyl (C=O) groups excluding carboxylic acids is 6. The number of aromatic amines is 2. The molecule has 0 radical (unpaired) electrons. The number of nitrogens with one attached hydrogen (secondary N) is 6. The number of nitrogen functional groups attached to an aromatic ring is 2. The number of benzene rings is 2. The first kappa shape index (κ1) is 62.6. The van der Waals surface area contributed by atoms with E-state index in [4.69, 9.17) is 20.9 Å². The monoisotopic (exact) mass is 1220 g/mol. The van der Waals surface area contributed by atoms with E-state index in [0.717, 1.165) is 38.5 Å². The van der Waals surface area contributed by atoms with E-state index in [0.29, 0.717) is 34.6 Å². The molecule has 10 N–H and O–H groups in total. The van der Waals surface area contributed by atoms with Crippen molar-refractivity contribution in [1.82, 2.24) is 50.5 Å². The normalized spacial score (nSPS) is 22.7. The number of carbonyl (C=O) groups is 6. The number of carboxylic acids is 2. The van der Waals surface area contributed by atoms with Crippen molar-refractivity contribution in [3.8, 4) is 0 Å². The van der Waals surface area contributed by atoms with Crippen LogP contribution in [0.4, 0.5) is 23.3 Å². The third kappa shape index (κ3) is 13.3. The summed E-state index contributed by atoms with van der Waals surface area (Å²) in [6, 6.07) is 9.96. The molecule has 2 amide bonds. The van der Waals surface area contributed by atoms with Gasteiger partial charge in [-0.05, 0) is 123 Å². The molecule has 4 aromatic heterocycles. The average molecular weight is 1220 g/mol. The van der Waals surface area contributed by atoms with Crippen molar-refractivity contribution in [2.75, 3.05) is 22.1 Å². The van der Waals surface area contributed by atoms with Crippen molar-refractivity contribution in [2.45, 2.75) is 143 Å². The van der Waals surface area contributed by atoms with E-state index in [1.165, 1.54) is 36.7 Å². The molecular weight excluding hydrogens is 1150 g/mol. The maximum Gasteiger partial charge on any atom is 2.00 e. The number of hydrogen-bond acceptors (Lipinski definition) is 22. The minimum Gasteiger partial charge on any atom is -0.548 e. The summed E-state index contributed by atoms with van der Waals surface area (Å²) in [6.45, 7) is 13.7. The number of nitrogens with two attached hydrogens (primary N) is 2. The zero-order valence-corrected chi connectivity index (χ0v) is 51.1. The van der Waals surface area contributed by atoms with E-state index in [1.54, 1.807) is 24.3 Å². The predicted octanol–water partition coefficient (Wildman–Crippen LogP) is 2.59. The number of amides is 2. The summed E-state index contributed by atoms with van der Waals surface area (Å²) in [4.78, 5) is 128. The Bertz CT molecular complexity index is 3420. The quantitative estimate of drug-likeness (QED) is 0.0402. The van der Waals surface area contributed by atoms with Crippen LogP contribution in [0.2, 0.25) is 0 Å². The van der Waals surface area contributed by atoms with Gasteiger partial charge in [0, 0.05) is 46.2 Å². The van der Waals surface area contributed by atoms with Gasteiger partial charge >= 0.3 is 31.4 Å². The maximum absolute atomic E-state index is 12.7. The standard InChI is InChI=1S/2C29H35N7O6.Zn/c2*1-28(2)16-10-11-29(28,3)20(12-16)42-21(37)9-8-19(26(40)41)34-24(38)15-4-6-17(7-5-15)31-13-18-14-32-23-22(33-18)25(39)36-27(30)35-23;/h2*4-7,14,16,19-20,31H,8-13H2,1-3H3,(H,34,38)(H,40,41)(H3,30,32,35,36,39);/q;;+2/p-2. The van der Waals surface area contributed by atoms with E-state index >= 15 is 0 Å². The average Bonchev–Trinajstić information content (AvgIpc) is 1.69.